The van der Waals surface area contributed by atoms with Gasteiger partial charge in [-0.25, -0.2) is 4.70 Å². The van der Waals surface area contributed by atoms with Crippen LogP contribution in [0.5, 0.6) is 0 Å². The van der Waals surface area contributed by atoms with Crippen molar-refractivity contribution in [1.29, 1.82) is 0 Å². The number of hydrogen-bond acceptors (Lipinski definition) is 0. The molecular weight excluding hydrogens is 663 g/mol. The molecular formula is C44H68N2Pd. The third-order valence-corrected chi connectivity index (χ3v) is 9.81. The fourth-order valence-corrected chi connectivity index (χ4v) is 7.05. The Bertz CT molecular complexity index is 1200. The fraction of sp³-hybridized carbons (Fsp3) is 0.636. The maximum Gasteiger partial charge on any atom is 0.210 e. The van der Waals surface area contributed by atoms with Gasteiger partial charge < -0.3 is 5.53 Å². The van der Waals surface area contributed by atoms with E-state index in [4.69, 9.17) is 0 Å². The summed E-state index contributed by atoms with van der Waals surface area (Å²) in [5, 5.41) is 0. The molecule has 1 aliphatic rings. The summed E-state index contributed by atoms with van der Waals surface area (Å²) in [4.78, 5) is 0. The van der Waals surface area contributed by atoms with Gasteiger partial charge in [0.25, 0.3) is 0 Å². The minimum absolute atomic E-state index is 0. The maximum absolute atomic E-state index is 12.1. The van der Waals surface area contributed by atoms with Crippen LogP contribution in [0, 0.1) is 0 Å². The van der Waals surface area contributed by atoms with E-state index in [2.05, 4.69) is 77.1 Å². The van der Waals surface area contributed by atoms with Gasteiger partial charge in [0, 0.05) is 43.2 Å². The predicted molar refractivity (Wildman–Crippen MR) is 202 cm³/mol. The molecule has 0 radical (unpaired) electrons. The van der Waals surface area contributed by atoms with Crippen LogP contribution in [0.1, 0.15) is 190 Å². The van der Waals surface area contributed by atoms with E-state index in [9.17, 15) is 5.53 Å². The summed E-state index contributed by atoms with van der Waals surface area (Å²) >= 11 is 0. The van der Waals surface area contributed by atoms with Gasteiger partial charge >= 0.3 is 0 Å². The molecule has 3 heteroatoms. The van der Waals surface area contributed by atoms with Gasteiger partial charge in [0.2, 0.25) is 11.4 Å². The standard InChI is InChI=1S/C44H68N2.Pd/c1-6-11-16-17-18-23-28-40-35-43(41-31-36(24-19-12-7-2)29-37(32-41)25-20-13-8-3)46(45)44(40)42-33-38(26-21-14-9-4)30-39(34-42)27-22-15-10-5;/h29-35H,6-28H2,1-5H3;. The Morgan fingerprint density at radius 2 is 0.766 bits per heavy atom. The van der Waals surface area contributed by atoms with E-state index in [1.54, 1.807) is 4.70 Å². The van der Waals surface area contributed by atoms with Gasteiger partial charge in [-0.2, -0.15) is 0 Å². The monoisotopic (exact) mass is 730 g/mol. The smallest absolute Gasteiger partial charge is 0.210 e. The van der Waals surface area contributed by atoms with E-state index in [1.807, 2.05) is 0 Å². The summed E-state index contributed by atoms with van der Waals surface area (Å²) in [5.41, 5.74) is 23.5. The number of hydrogen-bond donors (Lipinski definition) is 0. The quantitative estimate of drug-likeness (QED) is 0.0552. The molecule has 0 saturated carbocycles. The van der Waals surface area contributed by atoms with Crippen LogP contribution in [0.3, 0.4) is 0 Å². The molecule has 0 saturated heterocycles. The molecule has 3 rings (SSSR count). The van der Waals surface area contributed by atoms with Gasteiger partial charge in [-0.05, 0) is 111 Å². The molecule has 0 unspecified atom stereocenters. The van der Waals surface area contributed by atoms with Crippen LogP contribution in [0.15, 0.2) is 48.0 Å². The summed E-state index contributed by atoms with van der Waals surface area (Å²) < 4.78 is 1.58. The first kappa shape index (κ1) is 41.4. The predicted octanol–water partition coefficient (Wildman–Crippen LogP) is 14.2. The molecule has 0 fully saturated rings. The maximum atomic E-state index is 12.1. The molecule has 2 aromatic rings. The molecule has 47 heavy (non-hydrogen) atoms. The first-order chi connectivity index (χ1) is 22.5. The van der Waals surface area contributed by atoms with Gasteiger partial charge in [0.15, 0.2) is 0 Å². The first-order valence-corrected chi connectivity index (χ1v) is 19.7. The van der Waals surface area contributed by atoms with Crippen molar-refractivity contribution in [1.82, 2.24) is 0 Å². The summed E-state index contributed by atoms with van der Waals surface area (Å²) in [6.45, 7) is 11.4. The molecule has 0 atom stereocenters. The summed E-state index contributed by atoms with van der Waals surface area (Å²) in [7, 11) is 0. The van der Waals surface area contributed by atoms with Crippen LogP contribution < -0.4 is 0 Å². The normalized spacial score (nSPS) is 13.0. The van der Waals surface area contributed by atoms with E-state index in [0.29, 0.717) is 0 Å². The Labute approximate surface area is 304 Å². The topological polar surface area (TPSA) is 25.3 Å². The largest absolute Gasteiger partial charge is 0.493 e. The van der Waals surface area contributed by atoms with E-state index in [0.717, 1.165) is 43.5 Å². The minimum atomic E-state index is 0. The van der Waals surface area contributed by atoms with Crippen molar-refractivity contribution in [2.45, 2.75) is 182 Å². The van der Waals surface area contributed by atoms with Crippen LogP contribution in [-0.2, 0) is 46.1 Å². The van der Waals surface area contributed by atoms with Crippen molar-refractivity contribution in [3.05, 3.63) is 87.0 Å². The molecule has 0 aromatic heterocycles. The molecule has 0 spiro atoms. The number of nitrogens with zero attached hydrogens (tertiary/aromatic N) is 2. The third kappa shape index (κ3) is 14.3. The average Bonchev–Trinajstić information content (AvgIpc) is 3.38. The minimum Gasteiger partial charge on any atom is -0.493 e. The second-order valence-corrected chi connectivity index (χ2v) is 14.1. The molecule has 2 nitrogen and oxygen atoms in total. The van der Waals surface area contributed by atoms with Gasteiger partial charge in [-0.3, -0.25) is 0 Å². The second-order valence-electron chi connectivity index (χ2n) is 14.1. The molecule has 1 aliphatic heterocycles. The Kier molecular flexibility index (Phi) is 21.4. The van der Waals surface area contributed by atoms with Crippen molar-refractivity contribution in [2.24, 2.45) is 0 Å². The molecule has 0 amide bonds. The van der Waals surface area contributed by atoms with E-state index < -0.39 is 0 Å². The SMILES string of the molecule is CCCCCCCCC1=C(c2cc(CCCCC)cc(CCCCC)c2)[N+](=[N-])C(c2cc(CCCCC)cc(CCCCC)c2)=C1.[Pd]. The van der Waals surface area contributed by atoms with Crippen LogP contribution in [-0.4, -0.2) is 4.70 Å². The second kappa shape index (κ2) is 24.3. The van der Waals surface area contributed by atoms with Crippen LogP contribution in [0.25, 0.3) is 16.9 Å². The van der Waals surface area contributed by atoms with Crippen molar-refractivity contribution < 1.29 is 25.1 Å². The Hall–Kier alpha value is -1.82. The Morgan fingerprint density at radius 3 is 1.19 bits per heavy atom. The zero-order chi connectivity index (χ0) is 33.0. The summed E-state index contributed by atoms with van der Waals surface area (Å²) in [5.74, 6) is 0. The molecule has 1 heterocycles. The Morgan fingerprint density at radius 1 is 0.426 bits per heavy atom. The van der Waals surface area contributed by atoms with Crippen molar-refractivity contribution in [3.63, 3.8) is 0 Å². The van der Waals surface area contributed by atoms with Crippen molar-refractivity contribution in [3.8, 4) is 0 Å². The molecule has 0 N–H and O–H groups in total. The molecule has 0 aliphatic carbocycles. The van der Waals surface area contributed by atoms with Gasteiger partial charge in [0.05, 0.1) is 0 Å². The van der Waals surface area contributed by atoms with Crippen LogP contribution in [0.2, 0.25) is 0 Å². The van der Waals surface area contributed by atoms with E-state index >= 15 is 0 Å². The van der Waals surface area contributed by atoms with E-state index in [-0.39, 0.29) is 20.4 Å². The number of benzene rings is 2. The van der Waals surface area contributed by atoms with Crippen molar-refractivity contribution >= 4 is 11.4 Å². The van der Waals surface area contributed by atoms with Gasteiger partial charge in [-0.1, -0.05) is 130 Å². The van der Waals surface area contributed by atoms with Gasteiger partial charge in [-0.15, -0.1) is 0 Å². The summed E-state index contributed by atoms with van der Waals surface area (Å²) in [6, 6.07) is 14.4. The van der Waals surface area contributed by atoms with E-state index in [1.165, 1.54) is 155 Å². The molecule has 0 bridgehead atoms. The summed E-state index contributed by atoms with van der Waals surface area (Å²) in [6.07, 6.45) is 30.5. The van der Waals surface area contributed by atoms with Crippen molar-refractivity contribution in [2.75, 3.05) is 0 Å². The van der Waals surface area contributed by atoms with Crippen LogP contribution in [0.4, 0.5) is 0 Å². The fourth-order valence-electron chi connectivity index (χ4n) is 7.05. The first-order valence-electron chi connectivity index (χ1n) is 19.7. The number of allylic oxidation sites excluding steroid dienone is 2. The third-order valence-electron chi connectivity index (χ3n) is 9.81. The van der Waals surface area contributed by atoms with Crippen LogP contribution >= 0.6 is 0 Å². The zero-order valence-electron chi connectivity index (χ0n) is 31.0. The Balaban J connectivity index is 0.00000768. The number of rotatable bonds is 25. The number of unbranched alkanes of at least 4 members (excludes halogenated alkanes) is 13. The zero-order valence-corrected chi connectivity index (χ0v) is 32.6. The van der Waals surface area contributed by atoms with Gasteiger partial charge in [0.1, 0.15) is 0 Å². The molecule has 2 aromatic carbocycles. The molecule has 264 valence electrons. The number of aryl methyl sites for hydroxylation is 4. The average molecular weight is 731 g/mol.